The summed E-state index contributed by atoms with van der Waals surface area (Å²) in [5.41, 5.74) is 3.55. The van der Waals surface area contributed by atoms with Crippen LogP contribution in [0.3, 0.4) is 0 Å². The fourth-order valence-electron chi connectivity index (χ4n) is 2.67. The van der Waals surface area contributed by atoms with Gasteiger partial charge in [0, 0.05) is 41.1 Å². The Morgan fingerprint density at radius 3 is 2.60 bits per heavy atom. The zero-order chi connectivity index (χ0) is 14.1. The molecule has 3 nitrogen and oxygen atoms in total. The number of para-hydroxylation sites is 1. The molecular formula is C16H17N3S. The number of aromatic nitrogens is 1. The topological polar surface area (TPSA) is 29.0 Å². The molecule has 0 saturated carbocycles. The van der Waals surface area contributed by atoms with E-state index in [1.807, 2.05) is 7.05 Å². The van der Waals surface area contributed by atoms with E-state index in [1.165, 1.54) is 21.8 Å². The fraction of sp³-hybridized carbons (Fsp3) is 0.188. The van der Waals surface area contributed by atoms with Crippen LogP contribution in [0.4, 0.5) is 5.69 Å². The van der Waals surface area contributed by atoms with Gasteiger partial charge in [0.2, 0.25) is 0 Å². The molecule has 0 atom stereocenters. The normalized spacial score (nSPS) is 10.9. The minimum Gasteiger partial charge on any atom is -0.366 e. The number of rotatable bonds is 2. The number of fused-ring (bicyclic) bond motifs is 3. The number of hydrogen-bond donors (Lipinski definition) is 2. The molecule has 4 heteroatoms. The summed E-state index contributed by atoms with van der Waals surface area (Å²) in [6.07, 6.45) is 0. The Kier molecular flexibility index (Phi) is 3.32. The number of thiocarbonyl (C=S) groups is 1. The molecular weight excluding hydrogens is 266 g/mol. The Morgan fingerprint density at radius 1 is 1.10 bits per heavy atom. The monoisotopic (exact) mass is 283 g/mol. The number of benzene rings is 2. The lowest BCUT2D eigenvalue weighted by Gasteiger charge is -2.07. The smallest absolute Gasteiger partial charge is 0.170 e. The maximum absolute atomic E-state index is 5.16. The molecule has 0 aliphatic rings. The van der Waals surface area contributed by atoms with Crippen molar-refractivity contribution >= 4 is 44.8 Å². The van der Waals surface area contributed by atoms with Crippen molar-refractivity contribution in [2.75, 3.05) is 12.4 Å². The Bertz CT molecular complexity index is 789. The molecule has 0 fully saturated rings. The third-order valence-corrected chi connectivity index (χ3v) is 3.88. The van der Waals surface area contributed by atoms with Crippen LogP contribution >= 0.6 is 12.2 Å². The number of hydrogen-bond acceptors (Lipinski definition) is 1. The van der Waals surface area contributed by atoms with Gasteiger partial charge in [0.1, 0.15) is 0 Å². The number of nitrogens with zero attached hydrogens (tertiary/aromatic N) is 1. The Hall–Kier alpha value is -2.07. The average molecular weight is 283 g/mol. The van der Waals surface area contributed by atoms with Crippen molar-refractivity contribution in [3.05, 3.63) is 42.5 Å². The molecule has 20 heavy (non-hydrogen) atoms. The van der Waals surface area contributed by atoms with Crippen LogP contribution < -0.4 is 10.6 Å². The molecule has 0 spiro atoms. The van der Waals surface area contributed by atoms with Crippen LogP contribution in [0.5, 0.6) is 0 Å². The van der Waals surface area contributed by atoms with Crippen molar-refractivity contribution in [2.45, 2.75) is 13.5 Å². The summed E-state index contributed by atoms with van der Waals surface area (Å²) in [5, 5.41) is 9.28. The van der Waals surface area contributed by atoms with Gasteiger partial charge in [0.15, 0.2) is 5.11 Å². The highest BCUT2D eigenvalue weighted by atomic mass is 32.1. The van der Waals surface area contributed by atoms with Gasteiger partial charge >= 0.3 is 0 Å². The van der Waals surface area contributed by atoms with Crippen LogP contribution in [-0.4, -0.2) is 16.7 Å². The van der Waals surface area contributed by atoms with Crippen molar-refractivity contribution < 1.29 is 0 Å². The number of anilines is 1. The molecule has 3 rings (SSSR count). The second kappa shape index (κ2) is 5.13. The van der Waals surface area contributed by atoms with Crippen LogP contribution in [0, 0.1) is 0 Å². The largest absolute Gasteiger partial charge is 0.366 e. The van der Waals surface area contributed by atoms with Crippen LogP contribution in [0.15, 0.2) is 42.5 Å². The third kappa shape index (κ3) is 2.02. The maximum Gasteiger partial charge on any atom is 0.170 e. The van der Waals surface area contributed by atoms with Gasteiger partial charge in [-0.05, 0) is 43.4 Å². The van der Waals surface area contributed by atoms with E-state index < -0.39 is 0 Å². The van der Waals surface area contributed by atoms with Crippen molar-refractivity contribution in [3.8, 4) is 0 Å². The van der Waals surface area contributed by atoms with Gasteiger partial charge in [0.25, 0.3) is 0 Å². The van der Waals surface area contributed by atoms with Gasteiger partial charge in [0.05, 0.1) is 0 Å². The van der Waals surface area contributed by atoms with Gasteiger partial charge in [-0.2, -0.15) is 0 Å². The lowest BCUT2D eigenvalue weighted by Crippen LogP contribution is -2.23. The highest BCUT2D eigenvalue weighted by Crippen LogP contribution is 2.30. The summed E-state index contributed by atoms with van der Waals surface area (Å²) < 4.78 is 2.34. The van der Waals surface area contributed by atoms with E-state index in [9.17, 15) is 0 Å². The van der Waals surface area contributed by atoms with E-state index >= 15 is 0 Å². The van der Waals surface area contributed by atoms with Crippen LogP contribution in [0.2, 0.25) is 0 Å². The van der Waals surface area contributed by atoms with Gasteiger partial charge < -0.3 is 15.2 Å². The van der Waals surface area contributed by atoms with Gasteiger partial charge in [-0.3, -0.25) is 0 Å². The standard InChI is InChI=1S/C16H17N3S/c1-3-19-14-7-5-4-6-12(14)13-10-11(8-9-15(13)19)18-16(20)17-2/h4-10H,3H2,1-2H3,(H2,17,18,20). The second-order valence-corrected chi connectivity index (χ2v) is 5.11. The molecule has 0 saturated heterocycles. The molecule has 2 aromatic carbocycles. The van der Waals surface area contributed by atoms with E-state index in [4.69, 9.17) is 12.2 Å². The van der Waals surface area contributed by atoms with E-state index in [2.05, 4.69) is 64.6 Å². The Balaban J connectivity index is 2.23. The van der Waals surface area contributed by atoms with Crippen molar-refractivity contribution in [3.63, 3.8) is 0 Å². The van der Waals surface area contributed by atoms with Crippen LogP contribution in [0.1, 0.15) is 6.92 Å². The Labute approximate surface area is 123 Å². The minimum absolute atomic E-state index is 0.628. The van der Waals surface area contributed by atoms with Gasteiger partial charge in [-0.1, -0.05) is 18.2 Å². The summed E-state index contributed by atoms with van der Waals surface area (Å²) >= 11 is 5.16. The van der Waals surface area contributed by atoms with Gasteiger partial charge in [-0.15, -0.1) is 0 Å². The van der Waals surface area contributed by atoms with Crippen molar-refractivity contribution in [2.24, 2.45) is 0 Å². The average Bonchev–Trinajstić information content (AvgIpc) is 2.80. The molecule has 3 aromatic rings. The quantitative estimate of drug-likeness (QED) is 0.702. The first-order valence-electron chi connectivity index (χ1n) is 6.74. The molecule has 102 valence electrons. The fourth-order valence-corrected chi connectivity index (χ4v) is 2.78. The van der Waals surface area contributed by atoms with Gasteiger partial charge in [-0.25, -0.2) is 0 Å². The Morgan fingerprint density at radius 2 is 1.85 bits per heavy atom. The molecule has 0 aliphatic heterocycles. The van der Waals surface area contributed by atoms with Crippen molar-refractivity contribution in [1.82, 2.24) is 9.88 Å². The molecule has 0 radical (unpaired) electrons. The summed E-state index contributed by atoms with van der Waals surface area (Å²) in [4.78, 5) is 0. The SMILES string of the molecule is CCn1c2ccccc2c2cc(NC(=S)NC)ccc21. The van der Waals surface area contributed by atoms with E-state index in [0.717, 1.165) is 12.2 Å². The highest BCUT2D eigenvalue weighted by molar-refractivity contribution is 7.80. The molecule has 0 bridgehead atoms. The highest BCUT2D eigenvalue weighted by Gasteiger charge is 2.09. The predicted octanol–water partition coefficient (Wildman–Crippen LogP) is 3.73. The van der Waals surface area contributed by atoms with E-state index in [0.29, 0.717) is 5.11 Å². The first-order chi connectivity index (χ1) is 9.74. The molecule has 1 aromatic heterocycles. The lowest BCUT2D eigenvalue weighted by atomic mass is 10.1. The lowest BCUT2D eigenvalue weighted by molar-refractivity contribution is 0.827. The summed E-state index contributed by atoms with van der Waals surface area (Å²) in [5.74, 6) is 0. The minimum atomic E-state index is 0.628. The summed E-state index contributed by atoms with van der Waals surface area (Å²) in [6.45, 7) is 3.14. The number of aryl methyl sites for hydroxylation is 1. The zero-order valence-corrected chi connectivity index (χ0v) is 12.4. The van der Waals surface area contributed by atoms with E-state index in [1.54, 1.807) is 0 Å². The van der Waals surface area contributed by atoms with E-state index in [-0.39, 0.29) is 0 Å². The summed E-state index contributed by atoms with van der Waals surface area (Å²) in [7, 11) is 1.82. The van der Waals surface area contributed by atoms with Crippen LogP contribution in [0.25, 0.3) is 21.8 Å². The number of nitrogens with one attached hydrogen (secondary N) is 2. The maximum atomic E-state index is 5.16. The summed E-state index contributed by atoms with van der Waals surface area (Å²) in [6, 6.07) is 14.9. The van der Waals surface area contributed by atoms with Crippen LogP contribution in [-0.2, 0) is 6.54 Å². The third-order valence-electron chi connectivity index (χ3n) is 3.57. The first kappa shape index (κ1) is 12.9. The molecule has 0 amide bonds. The molecule has 0 unspecified atom stereocenters. The molecule has 2 N–H and O–H groups in total. The second-order valence-electron chi connectivity index (χ2n) is 4.70. The zero-order valence-electron chi connectivity index (χ0n) is 11.6. The molecule has 1 heterocycles. The molecule has 0 aliphatic carbocycles. The predicted molar refractivity (Wildman–Crippen MR) is 90.4 cm³/mol. The van der Waals surface area contributed by atoms with Crippen molar-refractivity contribution in [1.29, 1.82) is 0 Å². The first-order valence-corrected chi connectivity index (χ1v) is 7.15.